The SMILES string of the molecule is Cc1cc(-c2cc(NC(=S)NC(=O)c3ccccc3)n(-c3ccccc3)n2)c(C)n1-c1ccc(Br)cc1. The maximum atomic E-state index is 12.6. The monoisotopic (exact) mass is 569 g/mol. The van der Waals surface area contributed by atoms with E-state index < -0.39 is 0 Å². The third kappa shape index (κ3) is 5.26. The van der Waals surface area contributed by atoms with Crippen molar-refractivity contribution in [1.82, 2.24) is 19.7 Å². The number of halogens is 1. The summed E-state index contributed by atoms with van der Waals surface area (Å²) in [7, 11) is 0. The van der Waals surface area contributed by atoms with Crippen molar-refractivity contribution < 1.29 is 4.79 Å². The average Bonchev–Trinajstić information content (AvgIpc) is 3.45. The van der Waals surface area contributed by atoms with Gasteiger partial charge in [-0.25, -0.2) is 4.68 Å². The van der Waals surface area contributed by atoms with Crippen LogP contribution in [0.5, 0.6) is 0 Å². The van der Waals surface area contributed by atoms with Crippen LogP contribution in [0.25, 0.3) is 22.6 Å². The van der Waals surface area contributed by atoms with Crippen LogP contribution in [0.2, 0.25) is 0 Å². The first-order valence-corrected chi connectivity index (χ1v) is 12.9. The number of hydrogen-bond donors (Lipinski definition) is 2. The molecule has 0 spiro atoms. The first kappa shape index (κ1) is 24.7. The molecule has 2 heterocycles. The van der Waals surface area contributed by atoms with Crippen molar-refractivity contribution in [1.29, 1.82) is 0 Å². The van der Waals surface area contributed by atoms with E-state index in [2.05, 4.69) is 63.2 Å². The minimum atomic E-state index is -0.276. The topological polar surface area (TPSA) is 63.9 Å². The van der Waals surface area contributed by atoms with Gasteiger partial charge in [0.05, 0.1) is 11.4 Å². The third-order valence-electron chi connectivity index (χ3n) is 6.01. The van der Waals surface area contributed by atoms with E-state index in [1.807, 2.05) is 66.7 Å². The summed E-state index contributed by atoms with van der Waals surface area (Å²) in [5.41, 5.74) is 6.46. The molecule has 0 saturated carbocycles. The van der Waals surface area contributed by atoms with Crippen molar-refractivity contribution in [2.75, 3.05) is 5.32 Å². The molecule has 6 nitrogen and oxygen atoms in total. The van der Waals surface area contributed by atoms with E-state index in [0.717, 1.165) is 38.5 Å². The van der Waals surface area contributed by atoms with Crippen LogP contribution < -0.4 is 10.6 Å². The summed E-state index contributed by atoms with van der Waals surface area (Å²) in [6, 6.07) is 31.1. The van der Waals surface area contributed by atoms with Gasteiger partial charge in [0.25, 0.3) is 5.91 Å². The summed E-state index contributed by atoms with van der Waals surface area (Å²) >= 11 is 8.99. The molecule has 8 heteroatoms. The molecule has 3 aromatic carbocycles. The van der Waals surface area contributed by atoms with Crippen LogP contribution in [0.3, 0.4) is 0 Å². The molecular formula is C29H24BrN5OS. The molecule has 0 radical (unpaired) electrons. The summed E-state index contributed by atoms with van der Waals surface area (Å²) in [6.07, 6.45) is 0. The Morgan fingerprint density at radius 1 is 0.865 bits per heavy atom. The number of para-hydroxylation sites is 1. The first-order chi connectivity index (χ1) is 17.9. The summed E-state index contributed by atoms with van der Waals surface area (Å²) in [5.74, 6) is 0.371. The molecule has 5 aromatic rings. The van der Waals surface area contributed by atoms with E-state index in [0.29, 0.717) is 11.4 Å². The number of nitrogens with one attached hydrogen (secondary N) is 2. The Kier molecular flexibility index (Phi) is 7.03. The summed E-state index contributed by atoms with van der Waals surface area (Å²) < 4.78 is 5.04. The Bertz CT molecular complexity index is 1570. The molecule has 2 aromatic heterocycles. The molecule has 184 valence electrons. The standard InChI is InChI=1S/C29H24BrN5OS/c1-19-17-25(20(2)34(19)23-15-13-22(30)14-16-23)26-18-27(35(33-26)24-11-7-4-8-12-24)31-29(37)32-28(36)21-9-5-3-6-10-21/h3-18H,1-2H3,(H2,31,32,36,37). The molecular weight excluding hydrogens is 546 g/mol. The molecule has 0 aliphatic rings. The second-order valence-corrected chi connectivity index (χ2v) is 9.86. The van der Waals surface area contributed by atoms with E-state index in [4.69, 9.17) is 17.3 Å². The lowest BCUT2D eigenvalue weighted by molar-refractivity contribution is 0.0977. The van der Waals surface area contributed by atoms with Gasteiger partial charge in [-0.2, -0.15) is 5.10 Å². The highest BCUT2D eigenvalue weighted by atomic mass is 79.9. The number of aryl methyl sites for hydroxylation is 1. The Balaban J connectivity index is 1.49. The Morgan fingerprint density at radius 3 is 2.19 bits per heavy atom. The predicted molar refractivity (Wildman–Crippen MR) is 156 cm³/mol. The van der Waals surface area contributed by atoms with Gasteiger partial charge in [0.1, 0.15) is 5.82 Å². The smallest absolute Gasteiger partial charge is 0.257 e. The Morgan fingerprint density at radius 2 is 1.51 bits per heavy atom. The molecule has 0 bridgehead atoms. The number of carbonyl (C=O) groups excluding carboxylic acids is 1. The minimum Gasteiger partial charge on any atom is -0.318 e. The van der Waals surface area contributed by atoms with Crippen LogP contribution >= 0.6 is 28.1 Å². The van der Waals surface area contributed by atoms with Crippen LogP contribution in [0.4, 0.5) is 5.82 Å². The van der Waals surface area contributed by atoms with Gasteiger partial charge in [-0.1, -0.05) is 52.3 Å². The molecule has 0 unspecified atom stereocenters. The second-order valence-electron chi connectivity index (χ2n) is 8.53. The van der Waals surface area contributed by atoms with E-state index in [1.165, 1.54) is 0 Å². The van der Waals surface area contributed by atoms with Crippen molar-refractivity contribution in [3.8, 4) is 22.6 Å². The highest BCUT2D eigenvalue weighted by Gasteiger charge is 2.19. The van der Waals surface area contributed by atoms with Gasteiger partial charge in [-0.05, 0) is 80.7 Å². The van der Waals surface area contributed by atoms with Gasteiger partial charge in [0.15, 0.2) is 5.11 Å². The van der Waals surface area contributed by atoms with Gasteiger partial charge in [-0.3, -0.25) is 10.1 Å². The number of nitrogens with zero attached hydrogens (tertiary/aromatic N) is 3. The highest BCUT2D eigenvalue weighted by molar-refractivity contribution is 9.10. The lowest BCUT2D eigenvalue weighted by Crippen LogP contribution is -2.34. The average molecular weight is 571 g/mol. The quantitative estimate of drug-likeness (QED) is 0.227. The van der Waals surface area contributed by atoms with Crippen LogP contribution in [-0.2, 0) is 0 Å². The normalized spacial score (nSPS) is 10.8. The second kappa shape index (κ2) is 10.5. The van der Waals surface area contributed by atoms with Crippen LogP contribution in [0.15, 0.2) is 102 Å². The van der Waals surface area contributed by atoms with Crippen LogP contribution in [0, 0.1) is 13.8 Å². The number of aromatic nitrogens is 3. The number of carbonyl (C=O) groups is 1. The molecule has 1 amide bonds. The number of anilines is 1. The van der Waals surface area contributed by atoms with Gasteiger partial charge in [0, 0.05) is 38.7 Å². The predicted octanol–water partition coefficient (Wildman–Crippen LogP) is 6.84. The fourth-order valence-corrected chi connectivity index (χ4v) is 4.75. The van der Waals surface area contributed by atoms with E-state index in [9.17, 15) is 4.79 Å². The molecule has 0 fully saturated rings. The highest BCUT2D eigenvalue weighted by Crippen LogP contribution is 2.31. The molecule has 37 heavy (non-hydrogen) atoms. The summed E-state index contributed by atoms with van der Waals surface area (Å²) in [6.45, 7) is 4.17. The molecule has 5 rings (SSSR count). The number of thiocarbonyl (C=S) groups is 1. The summed E-state index contributed by atoms with van der Waals surface area (Å²) in [4.78, 5) is 12.6. The van der Waals surface area contributed by atoms with E-state index in [-0.39, 0.29) is 11.0 Å². The first-order valence-electron chi connectivity index (χ1n) is 11.7. The lowest BCUT2D eigenvalue weighted by Gasteiger charge is -2.11. The molecule has 0 saturated heterocycles. The number of hydrogen-bond acceptors (Lipinski definition) is 3. The van der Waals surface area contributed by atoms with Gasteiger partial charge in [0.2, 0.25) is 0 Å². The fraction of sp³-hybridized carbons (Fsp3) is 0.0690. The minimum absolute atomic E-state index is 0.192. The number of amides is 1. The lowest BCUT2D eigenvalue weighted by atomic mass is 10.2. The maximum absolute atomic E-state index is 12.6. The van der Waals surface area contributed by atoms with Gasteiger partial charge >= 0.3 is 0 Å². The Hall–Kier alpha value is -4.01. The van der Waals surface area contributed by atoms with Gasteiger partial charge in [-0.15, -0.1) is 0 Å². The van der Waals surface area contributed by atoms with Crippen molar-refractivity contribution in [3.05, 3.63) is 118 Å². The number of benzene rings is 3. The zero-order chi connectivity index (χ0) is 25.9. The zero-order valence-corrected chi connectivity index (χ0v) is 22.7. The fourth-order valence-electron chi connectivity index (χ4n) is 4.29. The zero-order valence-electron chi connectivity index (χ0n) is 20.3. The molecule has 0 atom stereocenters. The summed E-state index contributed by atoms with van der Waals surface area (Å²) in [5, 5.41) is 11.0. The largest absolute Gasteiger partial charge is 0.318 e. The third-order valence-corrected chi connectivity index (χ3v) is 6.74. The number of rotatable bonds is 5. The molecule has 0 aliphatic heterocycles. The van der Waals surface area contributed by atoms with Crippen molar-refractivity contribution in [3.63, 3.8) is 0 Å². The molecule has 2 N–H and O–H groups in total. The van der Waals surface area contributed by atoms with E-state index >= 15 is 0 Å². The van der Waals surface area contributed by atoms with Crippen molar-refractivity contribution in [2.24, 2.45) is 0 Å². The van der Waals surface area contributed by atoms with Crippen molar-refractivity contribution in [2.45, 2.75) is 13.8 Å². The molecule has 0 aliphatic carbocycles. The van der Waals surface area contributed by atoms with Crippen LogP contribution in [-0.4, -0.2) is 25.4 Å². The van der Waals surface area contributed by atoms with Gasteiger partial charge < -0.3 is 9.88 Å². The van der Waals surface area contributed by atoms with Crippen LogP contribution in [0.1, 0.15) is 21.7 Å². The van der Waals surface area contributed by atoms with E-state index in [1.54, 1.807) is 16.8 Å². The Labute approximate surface area is 229 Å². The maximum Gasteiger partial charge on any atom is 0.257 e. The van der Waals surface area contributed by atoms with Crippen molar-refractivity contribution >= 4 is 45.0 Å².